The molecule has 2 nitrogen and oxygen atoms in total. The zero-order valence-electron chi connectivity index (χ0n) is 8.65. The average molecular weight is 405 g/mol. The molecule has 1 saturated carbocycles. The van der Waals surface area contributed by atoms with Crippen LogP contribution < -0.4 is 0 Å². The van der Waals surface area contributed by atoms with Gasteiger partial charge in [0.2, 0.25) is 0 Å². The van der Waals surface area contributed by atoms with Gasteiger partial charge < -0.3 is 5.32 Å². The second-order valence-electron chi connectivity index (χ2n) is 4.27. The van der Waals surface area contributed by atoms with Crippen LogP contribution in [0.3, 0.4) is 0 Å². The molecule has 0 amide bonds. The van der Waals surface area contributed by atoms with Crippen LogP contribution in [0.25, 0.3) is 5.32 Å². The van der Waals surface area contributed by atoms with Crippen molar-refractivity contribution in [1.82, 2.24) is 0 Å². The molecule has 4 atom stereocenters. The average Bonchev–Trinajstić information content (AvgIpc) is 2.84. The molecule has 2 aliphatic rings. The smallest absolute Gasteiger partial charge is 0.132 e. The van der Waals surface area contributed by atoms with Gasteiger partial charge >= 0.3 is 0 Å². The molecule has 0 bridgehead atoms. The number of nitrogens with zero attached hydrogens (tertiary/aromatic N) is 1. The standard InChI is InChI=1S/C11H16NO.Ac/c1-3-8-4-9(7(2)13)5-10(8)11-6-12-11;/h3,8-11H,1,4-6H2,2H3;/q-1;. The molecule has 4 unspecified atom stereocenters. The van der Waals surface area contributed by atoms with Crippen LogP contribution in [0.4, 0.5) is 0 Å². The monoisotopic (exact) mass is 405 g/mol. The molecule has 2 rings (SSSR count). The van der Waals surface area contributed by atoms with Gasteiger partial charge in [0, 0.05) is 50.0 Å². The molecule has 0 aromatic carbocycles. The summed E-state index contributed by atoms with van der Waals surface area (Å²) in [5.41, 5.74) is 0. The summed E-state index contributed by atoms with van der Waals surface area (Å²) in [5.74, 6) is 1.77. The van der Waals surface area contributed by atoms with E-state index in [4.69, 9.17) is 0 Å². The van der Waals surface area contributed by atoms with E-state index in [2.05, 4.69) is 11.9 Å². The third-order valence-electron chi connectivity index (χ3n) is 3.43. The minimum atomic E-state index is 0. The minimum absolute atomic E-state index is 0. The first-order valence-electron chi connectivity index (χ1n) is 5.02. The van der Waals surface area contributed by atoms with Gasteiger partial charge in [0.25, 0.3) is 0 Å². The fourth-order valence-corrected chi connectivity index (χ4v) is 2.48. The first-order valence-corrected chi connectivity index (χ1v) is 5.02. The molecule has 3 heteroatoms. The van der Waals surface area contributed by atoms with Crippen LogP contribution in [0.15, 0.2) is 12.7 Å². The second kappa shape index (κ2) is 5.23. The molecular weight excluding hydrogens is 389 g/mol. The molecule has 75 valence electrons. The zero-order valence-corrected chi connectivity index (χ0v) is 13.4. The summed E-state index contributed by atoms with van der Waals surface area (Å²) >= 11 is 0. The first kappa shape index (κ1) is 12.9. The van der Waals surface area contributed by atoms with Crippen molar-refractivity contribution in [3.05, 3.63) is 18.0 Å². The summed E-state index contributed by atoms with van der Waals surface area (Å²) in [4.78, 5) is 11.2. The molecule has 1 heterocycles. The molecular formula is C11H16AcNO-. The van der Waals surface area contributed by atoms with E-state index in [1.54, 1.807) is 6.92 Å². The van der Waals surface area contributed by atoms with Gasteiger partial charge in [0.1, 0.15) is 5.78 Å². The Morgan fingerprint density at radius 3 is 2.57 bits per heavy atom. The number of Topliss-reactive ketones (excluding diaryl/α,β-unsaturated/α-hetero) is 1. The van der Waals surface area contributed by atoms with E-state index in [9.17, 15) is 4.79 Å². The summed E-state index contributed by atoms with van der Waals surface area (Å²) in [7, 11) is 0. The SMILES string of the molecule is C=CC1CC(C(C)=O)CC1C1C[N-]1.[Ac]. The summed E-state index contributed by atoms with van der Waals surface area (Å²) in [6.45, 7) is 6.56. The Morgan fingerprint density at radius 1 is 1.50 bits per heavy atom. The van der Waals surface area contributed by atoms with Crippen LogP contribution in [0, 0.1) is 61.8 Å². The Hall–Kier alpha value is 0.812. The maximum absolute atomic E-state index is 11.2. The summed E-state index contributed by atoms with van der Waals surface area (Å²) in [6.07, 6.45) is 4.07. The number of rotatable bonds is 3. The quantitative estimate of drug-likeness (QED) is 0.523. The molecule has 1 saturated heterocycles. The Morgan fingerprint density at radius 2 is 2.14 bits per heavy atom. The number of carbonyl (C=O) groups excluding carboxylic acids is 1. The van der Waals surface area contributed by atoms with Gasteiger partial charge in [-0.15, -0.1) is 6.58 Å². The van der Waals surface area contributed by atoms with Gasteiger partial charge in [-0.2, -0.15) is 12.6 Å². The summed E-state index contributed by atoms with van der Waals surface area (Å²) in [5, 5.41) is 4.32. The fourth-order valence-electron chi connectivity index (χ4n) is 2.48. The molecule has 0 N–H and O–H groups in total. The maximum Gasteiger partial charge on any atom is 0.132 e. The Kier molecular flexibility index (Phi) is 4.81. The van der Waals surface area contributed by atoms with Crippen molar-refractivity contribution in [2.24, 2.45) is 17.8 Å². The van der Waals surface area contributed by atoms with Crippen LogP contribution in [0.5, 0.6) is 0 Å². The summed E-state index contributed by atoms with van der Waals surface area (Å²) in [6, 6.07) is 0.548. The van der Waals surface area contributed by atoms with E-state index in [0.717, 1.165) is 19.4 Å². The first-order chi connectivity index (χ1) is 6.22. The van der Waals surface area contributed by atoms with E-state index in [0.29, 0.717) is 23.7 Å². The molecule has 1 aliphatic carbocycles. The van der Waals surface area contributed by atoms with Gasteiger partial charge in [-0.1, -0.05) is 12.0 Å². The van der Waals surface area contributed by atoms with E-state index < -0.39 is 0 Å². The van der Waals surface area contributed by atoms with Crippen molar-refractivity contribution >= 4 is 5.78 Å². The number of hydrogen-bond acceptors (Lipinski definition) is 1. The second-order valence-corrected chi connectivity index (χ2v) is 4.27. The van der Waals surface area contributed by atoms with Gasteiger partial charge in [0.15, 0.2) is 0 Å². The largest absolute Gasteiger partial charge is 0.662 e. The van der Waals surface area contributed by atoms with Crippen LogP contribution in [0.1, 0.15) is 19.8 Å². The topological polar surface area (TPSA) is 31.2 Å². The normalized spacial score (nSPS) is 40.1. The molecule has 14 heavy (non-hydrogen) atoms. The van der Waals surface area contributed by atoms with Crippen molar-refractivity contribution < 1.29 is 48.9 Å². The van der Waals surface area contributed by atoms with E-state index in [1.165, 1.54) is 0 Å². The van der Waals surface area contributed by atoms with E-state index in [1.807, 2.05) is 6.08 Å². The van der Waals surface area contributed by atoms with Crippen LogP contribution in [-0.4, -0.2) is 18.4 Å². The number of allylic oxidation sites excluding steroid dienone is 1. The number of ketones is 1. The van der Waals surface area contributed by atoms with Crippen molar-refractivity contribution in [2.45, 2.75) is 25.8 Å². The number of carbonyl (C=O) groups is 1. The van der Waals surface area contributed by atoms with E-state index >= 15 is 0 Å². The van der Waals surface area contributed by atoms with Crippen molar-refractivity contribution in [1.29, 1.82) is 0 Å². The maximum atomic E-state index is 11.2. The Bertz CT molecular complexity index is 237. The predicted octanol–water partition coefficient (Wildman–Crippen LogP) is 2.16. The van der Waals surface area contributed by atoms with Crippen molar-refractivity contribution in [3.63, 3.8) is 0 Å². The molecule has 2 fully saturated rings. The third kappa shape index (κ3) is 2.68. The van der Waals surface area contributed by atoms with Crippen molar-refractivity contribution in [2.75, 3.05) is 6.54 Å². The van der Waals surface area contributed by atoms with Crippen LogP contribution in [-0.2, 0) is 4.79 Å². The molecule has 0 spiro atoms. The fraction of sp³-hybridized carbons (Fsp3) is 0.727. The molecule has 0 aromatic heterocycles. The zero-order chi connectivity index (χ0) is 9.42. The Labute approximate surface area is 121 Å². The predicted molar refractivity (Wildman–Crippen MR) is 52.6 cm³/mol. The van der Waals surface area contributed by atoms with E-state index in [-0.39, 0.29) is 50.0 Å². The van der Waals surface area contributed by atoms with Crippen LogP contribution >= 0.6 is 0 Å². The van der Waals surface area contributed by atoms with Crippen LogP contribution in [0.2, 0.25) is 0 Å². The molecule has 0 aromatic rings. The van der Waals surface area contributed by atoms with Gasteiger partial charge in [-0.05, 0) is 25.7 Å². The third-order valence-corrected chi connectivity index (χ3v) is 3.43. The minimum Gasteiger partial charge on any atom is -0.662 e. The van der Waals surface area contributed by atoms with Crippen molar-refractivity contribution in [3.8, 4) is 0 Å². The number of hydrogen-bond donors (Lipinski definition) is 0. The van der Waals surface area contributed by atoms with Gasteiger partial charge in [0.05, 0.1) is 0 Å². The summed E-state index contributed by atoms with van der Waals surface area (Å²) < 4.78 is 0. The molecule has 1 radical (unpaired) electrons. The van der Waals surface area contributed by atoms with Gasteiger partial charge in [-0.3, -0.25) is 4.79 Å². The van der Waals surface area contributed by atoms with Gasteiger partial charge in [-0.25, -0.2) is 0 Å². The molecule has 1 aliphatic heterocycles. The Balaban J connectivity index is 0.000000980.